The maximum atomic E-state index is 6.00. The van der Waals surface area contributed by atoms with E-state index in [1.54, 1.807) is 0 Å². The number of aryl methyl sites for hydroxylation is 1. The maximum absolute atomic E-state index is 6.00. The minimum absolute atomic E-state index is 0.652. The van der Waals surface area contributed by atoms with Crippen molar-refractivity contribution in [1.82, 2.24) is 9.97 Å². The van der Waals surface area contributed by atoms with Gasteiger partial charge in [0.1, 0.15) is 5.82 Å². The van der Waals surface area contributed by atoms with Crippen LogP contribution in [0.1, 0.15) is 43.9 Å². The number of hydrogen-bond acceptors (Lipinski definition) is 4. The van der Waals surface area contributed by atoms with Crippen LogP contribution >= 0.6 is 0 Å². The van der Waals surface area contributed by atoms with Gasteiger partial charge in [-0.15, -0.1) is 0 Å². The van der Waals surface area contributed by atoms with Crippen molar-refractivity contribution in [3.63, 3.8) is 0 Å². The van der Waals surface area contributed by atoms with Gasteiger partial charge in [-0.25, -0.2) is 4.98 Å². The fourth-order valence-electron chi connectivity index (χ4n) is 2.45. The molecule has 1 aromatic rings. The van der Waals surface area contributed by atoms with Crippen LogP contribution in [-0.2, 0) is 6.42 Å². The van der Waals surface area contributed by atoms with Crippen LogP contribution in [0.25, 0.3) is 0 Å². The highest BCUT2D eigenvalue weighted by atomic mass is 15.3. The van der Waals surface area contributed by atoms with Gasteiger partial charge in [0.2, 0.25) is 5.95 Å². The van der Waals surface area contributed by atoms with E-state index in [-0.39, 0.29) is 0 Å². The van der Waals surface area contributed by atoms with E-state index in [0.717, 1.165) is 36.7 Å². The Kier molecular flexibility index (Phi) is 3.82. The first kappa shape index (κ1) is 12.1. The number of nitrogens with two attached hydrogens (primary N) is 1. The van der Waals surface area contributed by atoms with Crippen molar-refractivity contribution in [2.75, 3.05) is 23.7 Å². The third-order valence-corrected chi connectivity index (χ3v) is 3.48. The summed E-state index contributed by atoms with van der Waals surface area (Å²) in [6.07, 6.45) is 6.00. The molecule has 2 N–H and O–H groups in total. The summed E-state index contributed by atoms with van der Waals surface area (Å²) in [6.45, 7) is 6.24. The van der Waals surface area contributed by atoms with Gasteiger partial charge in [-0.2, -0.15) is 4.98 Å². The van der Waals surface area contributed by atoms with E-state index >= 15 is 0 Å². The predicted octanol–water partition coefficient (Wildman–Crippen LogP) is 2.31. The molecular weight excluding hydrogens is 212 g/mol. The number of anilines is 2. The van der Waals surface area contributed by atoms with E-state index in [1.165, 1.54) is 25.7 Å². The molecule has 0 aliphatic carbocycles. The zero-order valence-corrected chi connectivity index (χ0v) is 10.9. The standard InChI is InChI=1S/C13H22N4/c1-3-11-10(2)15-13(16-12(11)14)17-8-6-4-5-7-9-17/h3-9H2,1-2H3,(H2,14,15,16). The van der Waals surface area contributed by atoms with Gasteiger partial charge in [0.25, 0.3) is 0 Å². The van der Waals surface area contributed by atoms with Gasteiger partial charge in [-0.1, -0.05) is 19.8 Å². The zero-order chi connectivity index (χ0) is 12.3. The highest BCUT2D eigenvalue weighted by molar-refractivity contribution is 5.47. The van der Waals surface area contributed by atoms with Crippen molar-refractivity contribution in [2.24, 2.45) is 0 Å². The fourth-order valence-corrected chi connectivity index (χ4v) is 2.45. The second-order valence-corrected chi connectivity index (χ2v) is 4.73. The van der Waals surface area contributed by atoms with Gasteiger partial charge in [0.05, 0.1) is 0 Å². The van der Waals surface area contributed by atoms with E-state index in [9.17, 15) is 0 Å². The van der Waals surface area contributed by atoms with Gasteiger partial charge < -0.3 is 10.6 Å². The minimum atomic E-state index is 0.652. The van der Waals surface area contributed by atoms with Crippen molar-refractivity contribution in [3.05, 3.63) is 11.3 Å². The number of nitrogens with zero attached hydrogens (tertiary/aromatic N) is 3. The average Bonchev–Trinajstić information content (AvgIpc) is 2.57. The topological polar surface area (TPSA) is 55.0 Å². The second kappa shape index (κ2) is 5.34. The Bertz CT molecular complexity index is 358. The van der Waals surface area contributed by atoms with Crippen LogP contribution in [0.4, 0.5) is 11.8 Å². The van der Waals surface area contributed by atoms with Crippen LogP contribution in [0.5, 0.6) is 0 Å². The Hall–Kier alpha value is -1.32. The van der Waals surface area contributed by atoms with Crippen molar-refractivity contribution >= 4 is 11.8 Å². The van der Waals surface area contributed by atoms with E-state index in [0.29, 0.717) is 5.82 Å². The normalized spacial score (nSPS) is 16.9. The average molecular weight is 234 g/mol. The quantitative estimate of drug-likeness (QED) is 0.853. The van der Waals surface area contributed by atoms with Crippen molar-refractivity contribution < 1.29 is 0 Å². The van der Waals surface area contributed by atoms with Gasteiger partial charge in [0.15, 0.2) is 0 Å². The van der Waals surface area contributed by atoms with Gasteiger partial charge >= 0.3 is 0 Å². The number of aromatic nitrogens is 2. The first-order valence-corrected chi connectivity index (χ1v) is 6.60. The molecule has 0 bridgehead atoms. The minimum Gasteiger partial charge on any atom is -0.383 e. The Balaban J connectivity index is 2.26. The highest BCUT2D eigenvalue weighted by Gasteiger charge is 2.15. The van der Waals surface area contributed by atoms with Crippen molar-refractivity contribution in [1.29, 1.82) is 0 Å². The Morgan fingerprint density at radius 1 is 1.12 bits per heavy atom. The van der Waals surface area contributed by atoms with Crippen LogP contribution in [0.2, 0.25) is 0 Å². The molecule has 17 heavy (non-hydrogen) atoms. The summed E-state index contributed by atoms with van der Waals surface area (Å²) in [5.74, 6) is 1.47. The molecule has 0 unspecified atom stereocenters. The molecule has 1 fully saturated rings. The summed E-state index contributed by atoms with van der Waals surface area (Å²) >= 11 is 0. The molecule has 1 saturated heterocycles. The van der Waals surface area contributed by atoms with Crippen LogP contribution in [0.3, 0.4) is 0 Å². The molecule has 1 aromatic heterocycles. The molecule has 0 amide bonds. The van der Waals surface area contributed by atoms with Crippen LogP contribution < -0.4 is 10.6 Å². The molecule has 0 atom stereocenters. The summed E-state index contributed by atoms with van der Waals surface area (Å²) in [6, 6.07) is 0. The second-order valence-electron chi connectivity index (χ2n) is 4.73. The Labute approximate surface area is 103 Å². The number of rotatable bonds is 2. The highest BCUT2D eigenvalue weighted by Crippen LogP contribution is 2.20. The van der Waals surface area contributed by atoms with Crippen LogP contribution in [0.15, 0.2) is 0 Å². The zero-order valence-electron chi connectivity index (χ0n) is 10.9. The lowest BCUT2D eigenvalue weighted by molar-refractivity contribution is 0.726. The number of nitrogen functional groups attached to an aromatic ring is 1. The largest absolute Gasteiger partial charge is 0.383 e. The molecule has 0 radical (unpaired) electrons. The summed E-state index contributed by atoms with van der Waals surface area (Å²) in [5.41, 5.74) is 8.11. The first-order chi connectivity index (χ1) is 8.22. The lowest BCUT2D eigenvalue weighted by Crippen LogP contribution is -2.27. The monoisotopic (exact) mass is 234 g/mol. The molecule has 1 aliphatic heterocycles. The molecule has 2 rings (SSSR count). The lowest BCUT2D eigenvalue weighted by atomic mass is 10.2. The smallest absolute Gasteiger partial charge is 0.227 e. The van der Waals surface area contributed by atoms with Crippen LogP contribution in [-0.4, -0.2) is 23.1 Å². The van der Waals surface area contributed by atoms with Crippen molar-refractivity contribution in [2.45, 2.75) is 46.0 Å². The molecular formula is C13H22N4. The number of hydrogen-bond donors (Lipinski definition) is 1. The maximum Gasteiger partial charge on any atom is 0.227 e. The SMILES string of the molecule is CCc1c(C)nc(N2CCCCCC2)nc1N. The van der Waals surface area contributed by atoms with Gasteiger partial charge in [-0.05, 0) is 26.2 Å². The first-order valence-electron chi connectivity index (χ1n) is 6.60. The molecule has 94 valence electrons. The molecule has 4 nitrogen and oxygen atoms in total. The molecule has 2 heterocycles. The molecule has 0 spiro atoms. The van der Waals surface area contributed by atoms with Crippen molar-refractivity contribution in [3.8, 4) is 0 Å². The molecule has 4 heteroatoms. The van der Waals surface area contributed by atoms with E-state index in [1.807, 2.05) is 6.92 Å². The summed E-state index contributed by atoms with van der Waals surface area (Å²) in [7, 11) is 0. The Morgan fingerprint density at radius 2 is 1.76 bits per heavy atom. The third-order valence-electron chi connectivity index (χ3n) is 3.48. The lowest BCUT2D eigenvalue weighted by Gasteiger charge is -2.21. The predicted molar refractivity (Wildman–Crippen MR) is 71.2 cm³/mol. The van der Waals surface area contributed by atoms with Crippen LogP contribution in [0, 0.1) is 6.92 Å². The van der Waals surface area contributed by atoms with E-state index in [2.05, 4.69) is 21.8 Å². The Morgan fingerprint density at radius 3 is 2.29 bits per heavy atom. The molecule has 0 aromatic carbocycles. The molecule has 1 aliphatic rings. The van der Waals surface area contributed by atoms with Gasteiger partial charge in [-0.3, -0.25) is 0 Å². The third kappa shape index (κ3) is 2.68. The van der Waals surface area contributed by atoms with E-state index < -0.39 is 0 Å². The fraction of sp³-hybridized carbons (Fsp3) is 0.692. The summed E-state index contributed by atoms with van der Waals surface area (Å²) in [4.78, 5) is 11.3. The summed E-state index contributed by atoms with van der Waals surface area (Å²) < 4.78 is 0. The summed E-state index contributed by atoms with van der Waals surface area (Å²) in [5, 5.41) is 0. The molecule has 0 saturated carbocycles. The van der Waals surface area contributed by atoms with Gasteiger partial charge in [0, 0.05) is 24.3 Å². The van der Waals surface area contributed by atoms with E-state index in [4.69, 9.17) is 5.73 Å².